The van der Waals surface area contributed by atoms with Crippen LogP contribution < -0.4 is 11.3 Å². The van der Waals surface area contributed by atoms with Gasteiger partial charge in [-0.2, -0.15) is 16.4 Å². The molecule has 86 valence electrons. The van der Waals surface area contributed by atoms with E-state index in [9.17, 15) is 0 Å². The van der Waals surface area contributed by atoms with Gasteiger partial charge < -0.3 is 0 Å². The van der Waals surface area contributed by atoms with E-state index in [4.69, 9.17) is 17.4 Å². The molecule has 6 heteroatoms. The summed E-state index contributed by atoms with van der Waals surface area (Å²) in [5.74, 6) is 5.62. The summed E-state index contributed by atoms with van der Waals surface area (Å²) >= 11 is 7.76. The number of hydrazine groups is 1. The zero-order valence-corrected chi connectivity index (χ0v) is 10.6. The zero-order chi connectivity index (χ0) is 11.7. The first-order valence-corrected chi connectivity index (χ1v) is 6.13. The van der Waals surface area contributed by atoms with Crippen molar-refractivity contribution >= 4 is 22.9 Å². The summed E-state index contributed by atoms with van der Waals surface area (Å²) in [5.41, 5.74) is 6.01. The van der Waals surface area contributed by atoms with Crippen LogP contribution in [0.4, 0.5) is 0 Å². The van der Waals surface area contributed by atoms with E-state index in [0.717, 1.165) is 11.3 Å². The first-order chi connectivity index (χ1) is 7.65. The van der Waals surface area contributed by atoms with Crippen molar-refractivity contribution < 1.29 is 0 Å². The molecule has 1 unspecified atom stereocenters. The quantitative estimate of drug-likeness (QED) is 0.652. The third-order valence-corrected chi connectivity index (χ3v) is 3.75. The van der Waals surface area contributed by atoms with Gasteiger partial charge in [-0.3, -0.25) is 10.5 Å². The van der Waals surface area contributed by atoms with Crippen molar-refractivity contribution in [2.45, 2.75) is 13.0 Å². The smallest absolute Gasteiger partial charge is 0.0903 e. The van der Waals surface area contributed by atoms with E-state index in [1.807, 2.05) is 7.05 Å². The van der Waals surface area contributed by atoms with E-state index in [1.165, 1.54) is 5.56 Å². The van der Waals surface area contributed by atoms with E-state index >= 15 is 0 Å². The maximum Gasteiger partial charge on any atom is 0.0903 e. The van der Waals surface area contributed by atoms with Crippen LogP contribution in [0.3, 0.4) is 0 Å². The van der Waals surface area contributed by atoms with Crippen LogP contribution in [0.25, 0.3) is 0 Å². The summed E-state index contributed by atoms with van der Waals surface area (Å²) in [6.07, 6.45) is 1.63. The van der Waals surface area contributed by atoms with E-state index in [2.05, 4.69) is 28.2 Å². The monoisotopic (exact) mass is 256 g/mol. The van der Waals surface area contributed by atoms with Crippen LogP contribution in [0.2, 0.25) is 5.02 Å². The van der Waals surface area contributed by atoms with E-state index < -0.39 is 0 Å². The lowest BCUT2D eigenvalue weighted by molar-refractivity contribution is 0.574. The predicted molar refractivity (Wildman–Crippen MR) is 66.4 cm³/mol. The van der Waals surface area contributed by atoms with Gasteiger partial charge in [-0.25, -0.2) is 5.43 Å². The number of halogens is 1. The maximum absolute atomic E-state index is 6.11. The van der Waals surface area contributed by atoms with Gasteiger partial charge in [-0.15, -0.1) is 0 Å². The Bertz CT molecular complexity index is 471. The lowest BCUT2D eigenvalue weighted by Gasteiger charge is -2.17. The Morgan fingerprint density at radius 2 is 2.31 bits per heavy atom. The molecule has 0 aliphatic heterocycles. The van der Waals surface area contributed by atoms with Gasteiger partial charge in [0.05, 0.1) is 23.0 Å². The molecule has 2 aromatic heterocycles. The Hall–Kier alpha value is -0.880. The van der Waals surface area contributed by atoms with Gasteiger partial charge in [0.25, 0.3) is 0 Å². The van der Waals surface area contributed by atoms with Gasteiger partial charge in [0.15, 0.2) is 0 Å². The molecule has 0 aromatic carbocycles. The Morgan fingerprint density at radius 3 is 2.75 bits per heavy atom. The highest BCUT2D eigenvalue weighted by Crippen LogP contribution is 2.30. The average molecular weight is 257 g/mol. The molecule has 0 saturated heterocycles. The van der Waals surface area contributed by atoms with Crippen molar-refractivity contribution in [1.82, 2.24) is 15.2 Å². The normalized spacial score (nSPS) is 13.0. The third-order valence-electron chi connectivity index (χ3n) is 2.58. The van der Waals surface area contributed by atoms with E-state index in [-0.39, 0.29) is 6.04 Å². The Morgan fingerprint density at radius 1 is 1.56 bits per heavy atom. The zero-order valence-electron chi connectivity index (χ0n) is 9.07. The highest BCUT2D eigenvalue weighted by Gasteiger charge is 2.21. The van der Waals surface area contributed by atoms with Crippen LogP contribution >= 0.6 is 22.9 Å². The number of hydrogen-bond acceptors (Lipinski definition) is 4. The molecular weight excluding hydrogens is 244 g/mol. The van der Waals surface area contributed by atoms with Gasteiger partial charge in [0.2, 0.25) is 0 Å². The van der Waals surface area contributed by atoms with Gasteiger partial charge in [-0.05, 0) is 28.8 Å². The second kappa shape index (κ2) is 4.55. The molecule has 0 amide bonds. The molecular formula is C10H13ClN4S. The standard InChI is InChI=1S/C10H13ClN4S/c1-6-4-16-5-7(6)9(14-12)10-8(11)3-13-15(10)2/h3-5,9,14H,12H2,1-2H3. The molecule has 0 saturated carbocycles. The highest BCUT2D eigenvalue weighted by atomic mass is 35.5. The average Bonchev–Trinajstić information content (AvgIpc) is 2.80. The van der Waals surface area contributed by atoms with Crippen molar-refractivity contribution in [1.29, 1.82) is 0 Å². The minimum Gasteiger partial charge on any atom is -0.271 e. The van der Waals surface area contributed by atoms with Crippen molar-refractivity contribution in [2.24, 2.45) is 12.9 Å². The Kier molecular flexibility index (Phi) is 3.30. The molecule has 0 bridgehead atoms. The van der Waals surface area contributed by atoms with Crippen LogP contribution in [0.15, 0.2) is 17.0 Å². The molecule has 0 radical (unpaired) electrons. The number of hydrogen-bond donors (Lipinski definition) is 2. The molecule has 2 heterocycles. The third kappa shape index (κ3) is 1.87. The van der Waals surface area contributed by atoms with Crippen LogP contribution in [-0.2, 0) is 7.05 Å². The SMILES string of the molecule is Cc1cscc1C(NN)c1c(Cl)cnn1C. The number of nitrogens with one attached hydrogen (secondary N) is 1. The van der Waals surface area contributed by atoms with E-state index in [1.54, 1.807) is 22.2 Å². The number of nitrogens with two attached hydrogens (primary N) is 1. The van der Waals surface area contributed by atoms with Crippen LogP contribution in [-0.4, -0.2) is 9.78 Å². The lowest BCUT2D eigenvalue weighted by Crippen LogP contribution is -2.30. The number of thiophene rings is 1. The van der Waals surface area contributed by atoms with Gasteiger partial charge >= 0.3 is 0 Å². The minimum absolute atomic E-state index is 0.119. The summed E-state index contributed by atoms with van der Waals surface area (Å²) < 4.78 is 1.74. The molecule has 1 atom stereocenters. The van der Waals surface area contributed by atoms with Crippen molar-refractivity contribution in [3.8, 4) is 0 Å². The second-order valence-electron chi connectivity index (χ2n) is 3.61. The fourth-order valence-electron chi connectivity index (χ4n) is 1.73. The molecule has 0 aliphatic carbocycles. The fraction of sp³-hybridized carbons (Fsp3) is 0.300. The summed E-state index contributed by atoms with van der Waals surface area (Å²) in [6.45, 7) is 2.06. The lowest BCUT2D eigenvalue weighted by atomic mass is 10.0. The van der Waals surface area contributed by atoms with Crippen LogP contribution in [0.5, 0.6) is 0 Å². The topological polar surface area (TPSA) is 55.9 Å². The molecule has 16 heavy (non-hydrogen) atoms. The number of aryl methyl sites for hydroxylation is 2. The molecule has 0 aliphatic rings. The maximum atomic E-state index is 6.11. The largest absolute Gasteiger partial charge is 0.271 e. The first-order valence-electron chi connectivity index (χ1n) is 4.81. The molecule has 3 N–H and O–H groups in total. The summed E-state index contributed by atoms with van der Waals surface area (Å²) in [4.78, 5) is 0. The molecule has 0 spiro atoms. The van der Waals surface area contributed by atoms with Gasteiger partial charge in [0.1, 0.15) is 0 Å². The molecule has 4 nitrogen and oxygen atoms in total. The summed E-state index contributed by atoms with van der Waals surface area (Å²) in [5, 5.41) is 8.90. The van der Waals surface area contributed by atoms with Crippen molar-refractivity contribution in [3.63, 3.8) is 0 Å². The fourth-order valence-corrected chi connectivity index (χ4v) is 2.88. The number of rotatable bonds is 3. The van der Waals surface area contributed by atoms with Crippen LogP contribution in [0.1, 0.15) is 22.9 Å². The van der Waals surface area contributed by atoms with Crippen LogP contribution in [0, 0.1) is 6.92 Å². The number of aromatic nitrogens is 2. The number of nitrogens with zero attached hydrogens (tertiary/aromatic N) is 2. The Balaban J connectivity index is 2.49. The molecule has 2 aromatic rings. The minimum atomic E-state index is -0.119. The highest BCUT2D eigenvalue weighted by molar-refractivity contribution is 7.08. The summed E-state index contributed by atoms with van der Waals surface area (Å²) in [6, 6.07) is -0.119. The van der Waals surface area contributed by atoms with Crippen molar-refractivity contribution in [3.05, 3.63) is 38.8 Å². The second-order valence-corrected chi connectivity index (χ2v) is 4.76. The van der Waals surface area contributed by atoms with E-state index in [0.29, 0.717) is 5.02 Å². The first kappa shape index (κ1) is 11.6. The Labute approximate surface area is 103 Å². The summed E-state index contributed by atoms with van der Waals surface area (Å²) in [7, 11) is 1.85. The molecule has 2 rings (SSSR count). The molecule has 0 fully saturated rings. The predicted octanol–water partition coefficient (Wildman–Crippen LogP) is 2.00. The van der Waals surface area contributed by atoms with Gasteiger partial charge in [-0.1, -0.05) is 11.6 Å². The van der Waals surface area contributed by atoms with Gasteiger partial charge in [0, 0.05) is 7.05 Å². The van der Waals surface area contributed by atoms with Crippen molar-refractivity contribution in [2.75, 3.05) is 0 Å².